The Hall–Kier alpha value is -2.93. The summed E-state index contributed by atoms with van der Waals surface area (Å²) in [7, 11) is 0. The van der Waals surface area contributed by atoms with Gasteiger partial charge in [-0.3, -0.25) is 9.88 Å². The Labute approximate surface area is 232 Å². The van der Waals surface area contributed by atoms with Crippen molar-refractivity contribution in [1.29, 1.82) is 5.26 Å². The van der Waals surface area contributed by atoms with Gasteiger partial charge in [-0.2, -0.15) is 5.26 Å². The molecule has 0 spiro atoms. The summed E-state index contributed by atoms with van der Waals surface area (Å²) in [5.41, 5.74) is 2.05. The molecule has 3 aliphatic rings. The summed E-state index contributed by atoms with van der Waals surface area (Å²) in [5.74, 6) is 0. The SMILES string of the molecule is C[C@@H]1CN(c2ccc(C#N)c3ncccc23)C[C@H](CN2CCC(N3CCN(C(=O)OC(C)(C)C)CC3)CC2)O1. The van der Waals surface area contributed by atoms with E-state index in [1.165, 1.54) is 0 Å². The van der Waals surface area contributed by atoms with Gasteiger partial charge in [0, 0.05) is 69.1 Å². The van der Waals surface area contributed by atoms with Crippen LogP contribution in [0.4, 0.5) is 10.5 Å². The maximum atomic E-state index is 12.4. The Morgan fingerprint density at radius 1 is 1.10 bits per heavy atom. The van der Waals surface area contributed by atoms with Crippen molar-refractivity contribution in [2.24, 2.45) is 0 Å². The molecule has 0 N–H and O–H groups in total. The number of amides is 1. The number of carbonyl (C=O) groups excluding carboxylic acids is 1. The van der Waals surface area contributed by atoms with E-state index in [1.54, 1.807) is 6.20 Å². The molecule has 3 aliphatic heterocycles. The van der Waals surface area contributed by atoms with Crippen LogP contribution in [-0.2, 0) is 9.47 Å². The van der Waals surface area contributed by atoms with Crippen LogP contribution in [0.3, 0.4) is 0 Å². The summed E-state index contributed by atoms with van der Waals surface area (Å²) in [6.07, 6.45) is 4.10. The van der Waals surface area contributed by atoms with E-state index < -0.39 is 5.60 Å². The van der Waals surface area contributed by atoms with E-state index in [9.17, 15) is 10.1 Å². The molecule has 0 saturated carbocycles. The minimum absolute atomic E-state index is 0.130. The van der Waals surface area contributed by atoms with Gasteiger partial charge in [0.1, 0.15) is 11.7 Å². The number of nitrogens with zero attached hydrogens (tertiary/aromatic N) is 6. The number of anilines is 1. The van der Waals surface area contributed by atoms with Gasteiger partial charge in [0.15, 0.2) is 0 Å². The van der Waals surface area contributed by atoms with Gasteiger partial charge in [0.2, 0.25) is 0 Å². The number of morpholine rings is 1. The lowest BCUT2D eigenvalue weighted by Crippen LogP contribution is -2.56. The van der Waals surface area contributed by atoms with E-state index in [0.717, 1.165) is 88.3 Å². The molecule has 9 nitrogen and oxygen atoms in total. The minimum Gasteiger partial charge on any atom is -0.444 e. The van der Waals surface area contributed by atoms with Gasteiger partial charge in [-0.1, -0.05) is 0 Å². The number of benzene rings is 1. The van der Waals surface area contributed by atoms with E-state index >= 15 is 0 Å². The predicted molar refractivity (Wildman–Crippen MR) is 152 cm³/mol. The molecular formula is C30H42N6O3. The average molecular weight is 535 g/mol. The number of ether oxygens (including phenoxy) is 2. The fourth-order valence-electron chi connectivity index (χ4n) is 6.22. The zero-order chi connectivity index (χ0) is 27.6. The first-order valence-corrected chi connectivity index (χ1v) is 14.3. The van der Waals surface area contributed by atoms with Crippen molar-refractivity contribution < 1.29 is 14.3 Å². The van der Waals surface area contributed by atoms with E-state index in [0.29, 0.717) is 11.6 Å². The molecule has 4 heterocycles. The smallest absolute Gasteiger partial charge is 0.410 e. The van der Waals surface area contributed by atoms with E-state index in [-0.39, 0.29) is 18.3 Å². The van der Waals surface area contributed by atoms with Crippen molar-refractivity contribution in [1.82, 2.24) is 19.7 Å². The molecular weight excluding hydrogens is 492 g/mol. The number of fused-ring (bicyclic) bond motifs is 1. The van der Waals surface area contributed by atoms with Gasteiger partial charge in [-0.15, -0.1) is 0 Å². The second kappa shape index (κ2) is 11.7. The first-order chi connectivity index (χ1) is 18.7. The van der Waals surface area contributed by atoms with Crippen LogP contribution >= 0.6 is 0 Å². The molecule has 9 heteroatoms. The largest absolute Gasteiger partial charge is 0.444 e. The van der Waals surface area contributed by atoms with Crippen LogP contribution in [0.1, 0.15) is 46.1 Å². The van der Waals surface area contributed by atoms with Crippen molar-refractivity contribution in [3.8, 4) is 6.07 Å². The second-order valence-corrected chi connectivity index (χ2v) is 12.2. The fraction of sp³-hybridized carbons (Fsp3) is 0.633. The highest BCUT2D eigenvalue weighted by atomic mass is 16.6. The maximum Gasteiger partial charge on any atom is 0.410 e. The lowest BCUT2D eigenvalue weighted by molar-refractivity contribution is -0.0390. The highest BCUT2D eigenvalue weighted by Crippen LogP contribution is 2.30. The van der Waals surface area contributed by atoms with Crippen LogP contribution in [0.2, 0.25) is 0 Å². The molecule has 2 aromatic rings. The number of likely N-dealkylation sites (tertiary alicyclic amines) is 1. The number of carbonyl (C=O) groups is 1. The number of piperidine rings is 1. The average Bonchev–Trinajstić information content (AvgIpc) is 2.91. The lowest BCUT2D eigenvalue weighted by atomic mass is 10.0. The molecule has 2 atom stereocenters. The van der Waals surface area contributed by atoms with Crippen molar-refractivity contribution in [3.05, 3.63) is 36.0 Å². The van der Waals surface area contributed by atoms with Crippen LogP contribution in [0.25, 0.3) is 10.9 Å². The zero-order valence-corrected chi connectivity index (χ0v) is 23.8. The Bertz CT molecular complexity index is 1190. The number of pyridine rings is 1. The maximum absolute atomic E-state index is 12.4. The van der Waals surface area contributed by atoms with Gasteiger partial charge in [-0.05, 0) is 77.9 Å². The monoisotopic (exact) mass is 534 g/mol. The van der Waals surface area contributed by atoms with E-state index in [2.05, 4.69) is 44.8 Å². The molecule has 39 heavy (non-hydrogen) atoms. The van der Waals surface area contributed by atoms with Crippen molar-refractivity contribution in [2.45, 2.75) is 64.4 Å². The molecule has 1 aromatic carbocycles. The van der Waals surface area contributed by atoms with Crippen LogP contribution in [0.15, 0.2) is 30.5 Å². The zero-order valence-electron chi connectivity index (χ0n) is 23.8. The first-order valence-electron chi connectivity index (χ1n) is 14.3. The Balaban J connectivity index is 1.13. The first kappa shape index (κ1) is 27.6. The van der Waals surface area contributed by atoms with E-state index in [4.69, 9.17) is 9.47 Å². The fourth-order valence-corrected chi connectivity index (χ4v) is 6.22. The standard InChI is InChI=1S/C30H42N6O3/c1-22-19-36(27-8-7-23(18-31)28-26(27)6-5-11-32-28)21-25(38-22)20-33-12-9-24(10-13-33)34-14-16-35(17-15-34)29(37)39-30(2,3)4/h5-8,11,22,24-25H,9-10,12-17,19-21H2,1-4H3/t22-,25+/m1/s1. The quantitative estimate of drug-likeness (QED) is 0.587. The lowest BCUT2D eigenvalue weighted by Gasteiger charge is -2.44. The Morgan fingerprint density at radius 2 is 1.85 bits per heavy atom. The van der Waals surface area contributed by atoms with Crippen LogP contribution < -0.4 is 4.90 Å². The van der Waals surface area contributed by atoms with Crippen LogP contribution in [-0.4, -0.2) is 109 Å². The molecule has 3 fully saturated rings. The minimum atomic E-state index is -0.453. The van der Waals surface area contributed by atoms with Gasteiger partial charge in [-0.25, -0.2) is 4.79 Å². The third kappa shape index (κ3) is 6.63. The summed E-state index contributed by atoms with van der Waals surface area (Å²) < 4.78 is 11.9. The second-order valence-electron chi connectivity index (χ2n) is 12.2. The Morgan fingerprint density at radius 3 is 2.54 bits per heavy atom. The summed E-state index contributed by atoms with van der Waals surface area (Å²) in [6.45, 7) is 15.9. The van der Waals surface area contributed by atoms with Crippen molar-refractivity contribution in [2.75, 3.05) is 63.8 Å². The molecule has 1 amide bonds. The Kier molecular flexibility index (Phi) is 8.27. The van der Waals surface area contributed by atoms with Gasteiger partial charge < -0.3 is 24.2 Å². The van der Waals surface area contributed by atoms with Crippen LogP contribution in [0, 0.1) is 11.3 Å². The number of hydrogen-bond donors (Lipinski definition) is 0. The molecule has 0 aliphatic carbocycles. The normalized spacial score (nSPS) is 24.1. The predicted octanol–water partition coefficient (Wildman–Crippen LogP) is 3.72. The number of piperazine rings is 1. The highest BCUT2D eigenvalue weighted by molar-refractivity contribution is 5.95. The number of rotatable bonds is 4. The third-order valence-corrected chi connectivity index (χ3v) is 8.04. The summed E-state index contributed by atoms with van der Waals surface area (Å²) in [5, 5.41) is 10.5. The number of hydrogen-bond acceptors (Lipinski definition) is 8. The van der Waals surface area contributed by atoms with Crippen molar-refractivity contribution >= 4 is 22.7 Å². The molecule has 3 saturated heterocycles. The number of aromatic nitrogens is 1. The topological polar surface area (TPSA) is 85.2 Å². The molecule has 210 valence electrons. The molecule has 0 radical (unpaired) electrons. The van der Waals surface area contributed by atoms with Gasteiger partial charge in [0.05, 0.1) is 23.3 Å². The van der Waals surface area contributed by atoms with E-state index in [1.807, 2.05) is 37.8 Å². The molecule has 1 aromatic heterocycles. The molecule has 0 bridgehead atoms. The summed E-state index contributed by atoms with van der Waals surface area (Å²) >= 11 is 0. The van der Waals surface area contributed by atoms with Gasteiger partial charge >= 0.3 is 6.09 Å². The number of nitriles is 1. The van der Waals surface area contributed by atoms with Crippen molar-refractivity contribution in [3.63, 3.8) is 0 Å². The van der Waals surface area contributed by atoms with Crippen LogP contribution in [0.5, 0.6) is 0 Å². The summed E-state index contributed by atoms with van der Waals surface area (Å²) in [4.78, 5) is 26.3. The van der Waals surface area contributed by atoms with Gasteiger partial charge in [0.25, 0.3) is 0 Å². The molecule has 5 rings (SSSR count). The third-order valence-electron chi connectivity index (χ3n) is 8.04. The highest BCUT2D eigenvalue weighted by Gasteiger charge is 2.33. The molecule has 0 unspecified atom stereocenters. The summed E-state index contributed by atoms with van der Waals surface area (Å²) in [6, 6.07) is 10.8.